The van der Waals surface area contributed by atoms with Crippen LogP contribution in [-0.2, 0) is 14.4 Å². The molecule has 0 N–H and O–H groups in total. The zero-order valence-corrected chi connectivity index (χ0v) is 20.9. The first-order chi connectivity index (χ1) is 16.7. The van der Waals surface area contributed by atoms with Gasteiger partial charge in [-0.3, -0.25) is 9.59 Å². The van der Waals surface area contributed by atoms with E-state index < -0.39 is 0 Å². The number of hydrogen-bond acceptors (Lipinski definition) is 4. The third-order valence-corrected chi connectivity index (χ3v) is 7.50. The maximum Gasteiger partial charge on any atom is 0.227 e. The highest BCUT2D eigenvalue weighted by Gasteiger charge is 2.44. The van der Waals surface area contributed by atoms with Crippen molar-refractivity contribution in [1.29, 1.82) is 0 Å². The van der Waals surface area contributed by atoms with E-state index >= 15 is 0 Å². The summed E-state index contributed by atoms with van der Waals surface area (Å²) in [7, 11) is 1.45. The number of halogens is 2. The van der Waals surface area contributed by atoms with Crippen molar-refractivity contribution < 1.29 is 23.2 Å². The molecule has 1 aliphatic carbocycles. The molecule has 3 rings (SSSR count). The molecule has 0 aliphatic heterocycles. The number of nitrogens with zero attached hydrogens (tertiary/aromatic N) is 2. The van der Waals surface area contributed by atoms with Crippen molar-refractivity contribution in [3.8, 4) is 0 Å². The predicted molar refractivity (Wildman–Crippen MR) is 133 cm³/mol. The minimum atomic E-state index is -0.364. The Labute approximate surface area is 206 Å². The highest BCUT2D eigenvalue weighted by Crippen LogP contribution is 2.45. The normalized spacial score (nSPS) is 21.5. The van der Waals surface area contributed by atoms with Crippen LogP contribution < -0.4 is 4.90 Å². The first-order valence-electron chi connectivity index (χ1n) is 12.1. The van der Waals surface area contributed by atoms with Crippen molar-refractivity contribution in [3.63, 3.8) is 0 Å². The lowest BCUT2D eigenvalue weighted by molar-refractivity contribution is -0.125. The second kappa shape index (κ2) is 11.6. The number of ketones is 1. The van der Waals surface area contributed by atoms with Crippen LogP contribution in [0.1, 0.15) is 64.9 Å². The van der Waals surface area contributed by atoms with E-state index in [1.54, 1.807) is 29.2 Å². The summed E-state index contributed by atoms with van der Waals surface area (Å²) in [5, 5.41) is 4.07. The first kappa shape index (κ1) is 26.5. The van der Waals surface area contributed by atoms with Gasteiger partial charge in [-0.05, 0) is 79.5 Å². The smallest absolute Gasteiger partial charge is 0.227 e. The molecule has 0 radical (unpaired) electrons. The van der Waals surface area contributed by atoms with Gasteiger partial charge in [-0.2, -0.15) is 0 Å². The minimum absolute atomic E-state index is 0.0784. The summed E-state index contributed by atoms with van der Waals surface area (Å²) in [5.41, 5.74) is 1.75. The predicted octanol–water partition coefficient (Wildman–Crippen LogP) is 6.30. The topological polar surface area (TPSA) is 59.0 Å². The summed E-state index contributed by atoms with van der Waals surface area (Å²) in [6.45, 7) is 6.22. The second-order valence-corrected chi connectivity index (χ2v) is 9.65. The monoisotopic (exact) mass is 484 g/mol. The van der Waals surface area contributed by atoms with E-state index in [1.807, 2.05) is 6.92 Å². The zero-order valence-electron chi connectivity index (χ0n) is 20.9. The van der Waals surface area contributed by atoms with E-state index in [-0.39, 0.29) is 47.1 Å². The molecule has 188 valence electrons. The van der Waals surface area contributed by atoms with Gasteiger partial charge in [0.05, 0.1) is 5.71 Å². The fourth-order valence-electron chi connectivity index (χ4n) is 4.96. The molecule has 35 heavy (non-hydrogen) atoms. The van der Waals surface area contributed by atoms with Crippen LogP contribution in [0.3, 0.4) is 0 Å². The molecule has 2 aromatic rings. The molecule has 0 heterocycles. The molecule has 1 fully saturated rings. The van der Waals surface area contributed by atoms with Gasteiger partial charge in [0.15, 0.2) is 0 Å². The summed E-state index contributed by atoms with van der Waals surface area (Å²) in [4.78, 5) is 32.3. The van der Waals surface area contributed by atoms with Crippen molar-refractivity contribution in [1.82, 2.24) is 0 Å². The van der Waals surface area contributed by atoms with Gasteiger partial charge in [-0.25, -0.2) is 8.78 Å². The van der Waals surface area contributed by atoms with E-state index in [1.165, 1.54) is 31.4 Å². The van der Waals surface area contributed by atoms with Crippen molar-refractivity contribution in [2.24, 2.45) is 16.5 Å². The molecule has 0 spiro atoms. The molecule has 7 heteroatoms. The average molecular weight is 485 g/mol. The van der Waals surface area contributed by atoms with Crippen molar-refractivity contribution in [2.75, 3.05) is 12.0 Å². The van der Waals surface area contributed by atoms with Gasteiger partial charge in [0, 0.05) is 31.0 Å². The number of Topliss-reactive ketones (excluding diaryl/α,β-unsaturated/α-hetero) is 1. The Hall–Kier alpha value is -3.09. The van der Waals surface area contributed by atoms with E-state index in [0.29, 0.717) is 43.5 Å². The van der Waals surface area contributed by atoms with Crippen LogP contribution in [-0.4, -0.2) is 30.6 Å². The van der Waals surface area contributed by atoms with Crippen LogP contribution in [0.15, 0.2) is 53.7 Å². The second-order valence-electron chi connectivity index (χ2n) is 9.65. The molecule has 0 aromatic heterocycles. The molecule has 1 amide bonds. The molecule has 5 nitrogen and oxygen atoms in total. The summed E-state index contributed by atoms with van der Waals surface area (Å²) < 4.78 is 27.0. The molecular formula is C28H34F2N2O3. The standard InChI is InChI=1S/C28H34F2N2O3/c1-19-18-25(33)16-17-28(19,3)20(2)32(24-14-12-23(30)13-15-24)27(34)7-5-6-26(31-35-4)21-8-10-22(29)11-9-21/h8-15,19-20H,5-7,16-18H2,1-4H3. The lowest BCUT2D eigenvalue weighted by Crippen LogP contribution is -2.52. The maximum absolute atomic E-state index is 13.6. The third kappa shape index (κ3) is 6.32. The number of carbonyl (C=O) groups is 2. The van der Waals surface area contributed by atoms with Crippen molar-refractivity contribution >= 4 is 23.1 Å². The van der Waals surface area contributed by atoms with Crippen LogP contribution in [0.5, 0.6) is 0 Å². The van der Waals surface area contributed by atoms with E-state index in [9.17, 15) is 18.4 Å². The molecule has 0 bridgehead atoms. The van der Waals surface area contributed by atoms with Crippen LogP contribution in [0.2, 0.25) is 0 Å². The lowest BCUT2D eigenvalue weighted by atomic mass is 9.63. The minimum Gasteiger partial charge on any atom is -0.399 e. The van der Waals surface area contributed by atoms with Crippen molar-refractivity contribution in [3.05, 3.63) is 65.7 Å². The number of amides is 1. The number of rotatable bonds is 9. The van der Waals surface area contributed by atoms with Crippen LogP contribution in [0.25, 0.3) is 0 Å². The number of hydrogen-bond donors (Lipinski definition) is 0. The fourth-order valence-corrected chi connectivity index (χ4v) is 4.96. The van der Waals surface area contributed by atoms with Gasteiger partial charge in [0.2, 0.25) is 5.91 Å². The quantitative estimate of drug-likeness (QED) is 0.310. The zero-order chi connectivity index (χ0) is 25.6. The Kier molecular flexibility index (Phi) is 8.76. The molecule has 0 saturated heterocycles. The van der Waals surface area contributed by atoms with Crippen LogP contribution >= 0.6 is 0 Å². The molecule has 1 saturated carbocycles. The number of oxime groups is 1. The van der Waals surface area contributed by atoms with Crippen LogP contribution in [0.4, 0.5) is 14.5 Å². The highest BCUT2D eigenvalue weighted by atomic mass is 19.1. The van der Waals surface area contributed by atoms with Crippen molar-refractivity contribution in [2.45, 2.75) is 65.3 Å². The summed E-state index contributed by atoms with van der Waals surface area (Å²) in [6.07, 6.45) is 2.93. The summed E-state index contributed by atoms with van der Waals surface area (Å²) >= 11 is 0. The Bertz CT molecular complexity index is 1050. The molecule has 3 unspecified atom stereocenters. The molecule has 2 aromatic carbocycles. The lowest BCUT2D eigenvalue weighted by Gasteiger charge is -2.48. The maximum atomic E-state index is 13.6. The van der Waals surface area contributed by atoms with Gasteiger partial charge in [0.1, 0.15) is 24.5 Å². The number of anilines is 1. The summed E-state index contributed by atoms with van der Waals surface area (Å²) in [5.74, 6) is -0.403. The third-order valence-electron chi connectivity index (χ3n) is 7.50. The first-order valence-corrected chi connectivity index (χ1v) is 12.1. The van der Waals surface area contributed by atoms with Gasteiger partial charge in [0.25, 0.3) is 0 Å². The summed E-state index contributed by atoms with van der Waals surface area (Å²) in [6, 6.07) is 11.8. The van der Waals surface area contributed by atoms with Gasteiger partial charge < -0.3 is 9.74 Å². The van der Waals surface area contributed by atoms with E-state index in [4.69, 9.17) is 4.84 Å². The van der Waals surface area contributed by atoms with Gasteiger partial charge in [-0.15, -0.1) is 0 Å². The SMILES string of the molecule is CON=C(CCCC(=O)N(c1ccc(F)cc1)C(C)C1(C)CCC(=O)CC1C)c1ccc(F)cc1. The fraction of sp³-hybridized carbons (Fsp3) is 0.464. The highest BCUT2D eigenvalue weighted by molar-refractivity contribution is 6.00. The molecule has 1 aliphatic rings. The van der Waals surface area contributed by atoms with Crippen LogP contribution in [0, 0.1) is 23.0 Å². The molecule has 3 atom stereocenters. The number of carbonyl (C=O) groups excluding carboxylic acids is 2. The van der Waals surface area contributed by atoms with Gasteiger partial charge in [-0.1, -0.05) is 31.1 Å². The Morgan fingerprint density at radius 2 is 1.71 bits per heavy atom. The Morgan fingerprint density at radius 3 is 2.29 bits per heavy atom. The average Bonchev–Trinajstić information content (AvgIpc) is 2.83. The van der Waals surface area contributed by atoms with Gasteiger partial charge >= 0.3 is 0 Å². The Morgan fingerprint density at radius 1 is 1.11 bits per heavy atom. The largest absolute Gasteiger partial charge is 0.399 e. The van der Waals surface area contributed by atoms with E-state index in [0.717, 1.165) is 5.56 Å². The van der Waals surface area contributed by atoms with E-state index in [2.05, 4.69) is 19.0 Å². The molecular weight excluding hydrogens is 450 g/mol. The number of benzene rings is 2. The Balaban J connectivity index is 1.79.